The highest BCUT2D eigenvalue weighted by Gasteiger charge is 2.43. The summed E-state index contributed by atoms with van der Waals surface area (Å²) >= 11 is 0. The van der Waals surface area contributed by atoms with Crippen molar-refractivity contribution in [2.75, 3.05) is 13.1 Å². The van der Waals surface area contributed by atoms with E-state index in [-0.39, 0.29) is 18.7 Å². The number of halogens is 3. The fourth-order valence-corrected chi connectivity index (χ4v) is 2.52. The molecular formula is C13H17F3N4O3. The average Bonchev–Trinajstić information content (AvgIpc) is 2.89. The lowest BCUT2D eigenvalue weighted by Gasteiger charge is -2.32. The predicted octanol–water partition coefficient (Wildman–Crippen LogP) is 1.53. The molecule has 0 spiro atoms. The zero-order valence-corrected chi connectivity index (χ0v) is 12.4. The maximum Gasteiger partial charge on any atom is 0.413 e. The maximum absolute atomic E-state index is 13.2. The topological polar surface area (TPSA) is 87.5 Å². The first-order chi connectivity index (χ1) is 10.7. The Bertz CT molecular complexity index is 587. The number of carboxylic acids is 1. The maximum atomic E-state index is 13.2. The SMILES string of the molecule is Cn1cc(C(NC(=O)N2CCCC(C(=O)O)C2)C(F)(F)F)cn1. The molecule has 2 rings (SSSR count). The molecule has 0 bridgehead atoms. The molecule has 1 aromatic rings. The van der Waals surface area contributed by atoms with Gasteiger partial charge in [0.1, 0.15) is 0 Å². The second-order valence-electron chi connectivity index (χ2n) is 5.49. The van der Waals surface area contributed by atoms with Gasteiger partial charge in [0.15, 0.2) is 6.04 Å². The van der Waals surface area contributed by atoms with Gasteiger partial charge in [0.2, 0.25) is 0 Å². The third kappa shape index (κ3) is 4.14. The predicted molar refractivity (Wildman–Crippen MR) is 72.5 cm³/mol. The van der Waals surface area contributed by atoms with E-state index in [0.29, 0.717) is 12.8 Å². The number of likely N-dealkylation sites (tertiary alicyclic amines) is 1. The molecule has 2 atom stereocenters. The van der Waals surface area contributed by atoms with Crippen LogP contribution in [0.2, 0.25) is 0 Å². The van der Waals surface area contributed by atoms with Crippen molar-refractivity contribution < 1.29 is 27.9 Å². The van der Waals surface area contributed by atoms with Crippen LogP contribution in [-0.2, 0) is 11.8 Å². The number of piperidine rings is 1. The number of hydrogen-bond acceptors (Lipinski definition) is 3. The fraction of sp³-hybridized carbons (Fsp3) is 0.615. The Morgan fingerprint density at radius 1 is 1.48 bits per heavy atom. The molecule has 1 aliphatic heterocycles. The Labute approximate surface area is 130 Å². The molecular weight excluding hydrogens is 317 g/mol. The van der Waals surface area contributed by atoms with Crippen molar-refractivity contribution in [2.24, 2.45) is 13.0 Å². The summed E-state index contributed by atoms with van der Waals surface area (Å²) in [6, 6.07) is -3.11. The van der Waals surface area contributed by atoms with Crippen molar-refractivity contribution >= 4 is 12.0 Å². The second kappa shape index (κ2) is 6.47. The van der Waals surface area contributed by atoms with Gasteiger partial charge in [0, 0.05) is 31.9 Å². The quantitative estimate of drug-likeness (QED) is 0.877. The van der Waals surface area contributed by atoms with Gasteiger partial charge < -0.3 is 15.3 Å². The highest BCUT2D eigenvalue weighted by atomic mass is 19.4. The summed E-state index contributed by atoms with van der Waals surface area (Å²) in [7, 11) is 1.47. The molecule has 0 aromatic carbocycles. The minimum atomic E-state index is -4.68. The summed E-state index contributed by atoms with van der Waals surface area (Å²) in [6.07, 6.45) is -1.62. The van der Waals surface area contributed by atoms with Crippen LogP contribution in [0.3, 0.4) is 0 Å². The van der Waals surface area contributed by atoms with Crippen molar-refractivity contribution in [1.29, 1.82) is 0 Å². The number of urea groups is 1. The monoisotopic (exact) mass is 334 g/mol. The zero-order valence-electron chi connectivity index (χ0n) is 12.4. The van der Waals surface area contributed by atoms with Gasteiger partial charge in [-0.15, -0.1) is 0 Å². The van der Waals surface area contributed by atoms with Crippen molar-refractivity contribution in [2.45, 2.75) is 25.1 Å². The summed E-state index contributed by atoms with van der Waals surface area (Å²) in [6.45, 7) is 0.131. The van der Waals surface area contributed by atoms with Crippen molar-refractivity contribution in [3.05, 3.63) is 18.0 Å². The summed E-state index contributed by atoms with van der Waals surface area (Å²) in [5.74, 6) is -1.81. The van der Waals surface area contributed by atoms with Crippen LogP contribution in [0, 0.1) is 5.92 Å². The van der Waals surface area contributed by atoms with E-state index < -0.39 is 30.1 Å². The highest BCUT2D eigenvalue weighted by Crippen LogP contribution is 2.32. The van der Waals surface area contributed by atoms with Crippen LogP contribution in [0.15, 0.2) is 12.4 Å². The molecule has 0 radical (unpaired) electrons. The van der Waals surface area contributed by atoms with Crippen molar-refractivity contribution in [3.63, 3.8) is 0 Å². The molecule has 1 aromatic heterocycles. The van der Waals surface area contributed by atoms with E-state index in [4.69, 9.17) is 5.11 Å². The van der Waals surface area contributed by atoms with E-state index in [1.54, 1.807) is 0 Å². The smallest absolute Gasteiger partial charge is 0.413 e. The minimum absolute atomic E-state index is 0.0984. The molecule has 128 valence electrons. The number of carboxylic acid groups (broad SMARTS) is 1. The number of carbonyl (C=O) groups is 2. The van der Waals surface area contributed by atoms with Crippen LogP contribution in [0.1, 0.15) is 24.4 Å². The van der Waals surface area contributed by atoms with Gasteiger partial charge in [0.25, 0.3) is 0 Å². The van der Waals surface area contributed by atoms with Gasteiger partial charge in [-0.05, 0) is 12.8 Å². The largest absolute Gasteiger partial charge is 0.481 e. The standard InChI is InChI=1S/C13H17F3N4O3/c1-19-6-9(5-17-19)10(13(14,15)16)18-12(23)20-4-2-3-8(7-20)11(21)22/h5-6,8,10H,2-4,7H2,1H3,(H,18,23)(H,21,22). The fourth-order valence-electron chi connectivity index (χ4n) is 2.52. The minimum Gasteiger partial charge on any atom is -0.481 e. The number of carbonyl (C=O) groups excluding carboxylic acids is 1. The van der Waals surface area contributed by atoms with Crippen LogP contribution in [0.5, 0.6) is 0 Å². The van der Waals surface area contributed by atoms with Crippen molar-refractivity contribution in [3.8, 4) is 0 Å². The van der Waals surface area contributed by atoms with Gasteiger partial charge in [-0.3, -0.25) is 9.48 Å². The lowest BCUT2D eigenvalue weighted by Crippen LogP contribution is -2.50. The van der Waals surface area contributed by atoms with E-state index in [0.717, 1.165) is 11.1 Å². The van der Waals surface area contributed by atoms with E-state index in [9.17, 15) is 22.8 Å². The van der Waals surface area contributed by atoms with Gasteiger partial charge in [-0.1, -0.05) is 0 Å². The molecule has 0 saturated carbocycles. The number of nitrogens with zero attached hydrogens (tertiary/aromatic N) is 3. The molecule has 1 saturated heterocycles. The third-order valence-corrected chi connectivity index (χ3v) is 3.71. The molecule has 1 aliphatic rings. The van der Waals surface area contributed by atoms with E-state index in [1.165, 1.54) is 17.9 Å². The summed E-state index contributed by atoms with van der Waals surface area (Å²) in [5, 5.41) is 14.6. The third-order valence-electron chi connectivity index (χ3n) is 3.71. The molecule has 1 fully saturated rings. The first-order valence-electron chi connectivity index (χ1n) is 7.02. The Morgan fingerprint density at radius 3 is 2.70 bits per heavy atom. The summed E-state index contributed by atoms with van der Waals surface area (Å²) < 4.78 is 40.8. The molecule has 2 N–H and O–H groups in total. The number of rotatable bonds is 3. The molecule has 23 heavy (non-hydrogen) atoms. The van der Waals surface area contributed by atoms with E-state index >= 15 is 0 Å². The Hall–Kier alpha value is -2.26. The first-order valence-corrected chi connectivity index (χ1v) is 7.02. The van der Waals surface area contributed by atoms with Crippen LogP contribution >= 0.6 is 0 Å². The molecule has 0 aliphatic carbocycles. The number of alkyl halides is 3. The van der Waals surface area contributed by atoms with E-state index in [1.807, 2.05) is 5.32 Å². The number of hydrogen-bond donors (Lipinski definition) is 2. The normalized spacial score (nSPS) is 20.2. The molecule has 10 heteroatoms. The van der Waals surface area contributed by atoms with Crippen LogP contribution in [-0.4, -0.2) is 51.1 Å². The second-order valence-corrected chi connectivity index (χ2v) is 5.49. The number of aromatic nitrogens is 2. The number of aryl methyl sites for hydroxylation is 1. The van der Waals surface area contributed by atoms with Crippen molar-refractivity contribution in [1.82, 2.24) is 20.0 Å². The van der Waals surface area contributed by atoms with Crippen LogP contribution < -0.4 is 5.32 Å². The van der Waals surface area contributed by atoms with E-state index in [2.05, 4.69) is 5.10 Å². The van der Waals surface area contributed by atoms with Gasteiger partial charge >= 0.3 is 18.2 Å². The lowest BCUT2D eigenvalue weighted by molar-refractivity contribution is -0.155. The van der Waals surface area contributed by atoms with Crippen LogP contribution in [0.4, 0.5) is 18.0 Å². The Morgan fingerprint density at radius 2 is 2.17 bits per heavy atom. The Kier molecular flexibility index (Phi) is 4.81. The summed E-state index contributed by atoms with van der Waals surface area (Å²) in [5.41, 5.74) is -0.180. The lowest BCUT2D eigenvalue weighted by atomic mass is 9.98. The Balaban J connectivity index is 2.10. The first kappa shape index (κ1) is 17.1. The number of amides is 2. The van der Waals surface area contributed by atoms with Crippen LogP contribution in [0.25, 0.3) is 0 Å². The summed E-state index contributed by atoms with van der Waals surface area (Å²) in [4.78, 5) is 24.2. The molecule has 7 nitrogen and oxygen atoms in total. The molecule has 2 heterocycles. The van der Waals surface area contributed by atoms with Gasteiger partial charge in [-0.2, -0.15) is 18.3 Å². The van der Waals surface area contributed by atoms with Gasteiger partial charge in [0.05, 0.1) is 12.1 Å². The highest BCUT2D eigenvalue weighted by molar-refractivity contribution is 5.77. The zero-order chi connectivity index (χ0) is 17.2. The molecule has 2 amide bonds. The number of nitrogens with one attached hydrogen (secondary N) is 1. The average molecular weight is 334 g/mol. The van der Waals surface area contributed by atoms with Gasteiger partial charge in [-0.25, -0.2) is 4.79 Å². The number of aliphatic carboxylic acids is 1. The molecule has 2 unspecified atom stereocenters.